The van der Waals surface area contributed by atoms with E-state index in [1.165, 1.54) is 50.8 Å². The molecule has 19 N–H and O–H groups in total. The number of aromatic nitrogens is 12. The number of alkyl carbamates (subject to hydrolysis) is 1. The van der Waals surface area contributed by atoms with Gasteiger partial charge in [0.1, 0.15) is 52.7 Å². The molecule has 6 aromatic heterocycles. The third kappa shape index (κ3) is 23.9. The summed E-state index contributed by atoms with van der Waals surface area (Å²) in [6, 6.07) is 27.9. The molecule has 0 radical (unpaired) electrons. The van der Waals surface area contributed by atoms with Crippen LogP contribution in [0.4, 0.5) is 33.9 Å². The molecule has 698 valence electrons. The van der Waals surface area contributed by atoms with Gasteiger partial charge in [0.05, 0.1) is 73.1 Å². The Labute approximate surface area is 769 Å². The maximum absolute atomic E-state index is 14.9. The number of alkyl halides is 2. The van der Waals surface area contributed by atoms with Crippen LogP contribution in [-0.2, 0) is 65.4 Å². The number of nitrogens with one attached hydrogen (secondary N) is 6. The number of fused-ring (bicyclic) bond motifs is 8. The van der Waals surface area contributed by atoms with E-state index in [2.05, 4.69) is 75.3 Å². The van der Waals surface area contributed by atoms with Crippen molar-refractivity contribution in [3.8, 4) is 0 Å². The first-order chi connectivity index (χ1) is 61.9. The zero-order chi connectivity index (χ0) is 95.8. The van der Waals surface area contributed by atoms with E-state index in [1.807, 2.05) is 36.2 Å². The molecule has 12 atom stereocenters. The van der Waals surface area contributed by atoms with Crippen LogP contribution in [0.15, 0.2) is 146 Å². The summed E-state index contributed by atoms with van der Waals surface area (Å²) in [6.45, 7) is 13.7. The molecule has 10 aromatic rings. The lowest BCUT2D eigenvalue weighted by molar-refractivity contribution is -0.346. The fourth-order valence-electron chi connectivity index (χ4n) is 16.1. The SMILES string of the molecule is CC(=O)O[C@@]12CO[C@@H]1C[C@H](O)[C@@]1(C)C(=O)[C@H](O)C3=C(C)C(OC(=O)[C@H](O)[C@@H](NC(=O)OC(C)(C)C)c4ccccc4)C[C@@](O)(C(OC(=O)c4ccccc4)C12)C3(C)C.CN(Cc1cnc2nc(N)nc(N)c2n1)c1ccc(C(=O)N[C@@H](CCC(=O)O)C(=O)O)cc1.Nc1nc(=S)c2[nH]cnc2[nH]1.O=C(O)CCCc1ccc(N(CCCl)CCCl)cc1.S=c1nc[nH]c2nc[nH]c12. The van der Waals surface area contributed by atoms with E-state index < -0.39 is 142 Å². The van der Waals surface area contributed by atoms with Crippen molar-refractivity contribution in [2.24, 2.45) is 16.7 Å². The van der Waals surface area contributed by atoms with Gasteiger partial charge in [0.15, 0.2) is 55.0 Å². The summed E-state index contributed by atoms with van der Waals surface area (Å²) < 4.78 is 30.5. The first kappa shape index (κ1) is 100. The number of nitrogens with two attached hydrogens (primary N) is 3. The number of aliphatic carboxylic acids is 3. The Balaban J connectivity index is 0.000000201. The van der Waals surface area contributed by atoms with Gasteiger partial charge in [-0.2, -0.15) is 9.97 Å². The number of carboxylic acids is 3. The van der Waals surface area contributed by atoms with Crippen LogP contribution in [0.5, 0.6) is 0 Å². The number of halogens is 2. The number of hydrogen-bond acceptors (Lipinski definition) is 33. The maximum Gasteiger partial charge on any atom is 0.408 e. The predicted molar refractivity (Wildman–Crippen MR) is 485 cm³/mol. The second-order valence-corrected chi connectivity index (χ2v) is 34.5. The fraction of sp³-hybridized carbons (Fsp3) is 0.414. The number of ketones is 1. The van der Waals surface area contributed by atoms with Gasteiger partial charge in [-0.05, 0) is 125 Å². The van der Waals surface area contributed by atoms with Gasteiger partial charge in [-0.3, -0.25) is 24.0 Å². The summed E-state index contributed by atoms with van der Waals surface area (Å²) in [5.41, 5.74) is 16.1. The molecule has 2 saturated carbocycles. The number of esters is 3. The van der Waals surface area contributed by atoms with Gasteiger partial charge in [0, 0.05) is 86.9 Å². The van der Waals surface area contributed by atoms with Crippen molar-refractivity contribution < 1.29 is 103 Å². The molecule has 40 nitrogen and oxygen atoms in total. The zero-order valence-electron chi connectivity index (χ0n) is 72.7. The molecule has 131 heavy (non-hydrogen) atoms. The number of Topliss-reactive ketones (excluding diaryl/α,β-unsaturated/α-hetero) is 1. The molecule has 1 saturated heterocycles. The Morgan fingerprint density at radius 3 is 1.94 bits per heavy atom. The molecule has 3 unspecified atom stereocenters. The average molecular weight is 1890 g/mol. The molecule has 44 heteroatoms. The molecule has 3 fully saturated rings. The number of nitrogen functional groups attached to an aromatic ring is 3. The normalized spacial score (nSPS) is 21.0. The van der Waals surface area contributed by atoms with Gasteiger partial charge in [0.25, 0.3) is 5.91 Å². The summed E-state index contributed by atoms with van der Waals surface area (Å²) in [6.07, 6.45) is -4.19. The topological polar surface area (TPSA) is 616 Å². The van der Waals surface area contributed by atoms with Gasteiger partial charge in [-0.1, -0.05) is 98.9 Å². The number of benzene rings is 4. The van der Waals surface area contributed by atoms with Crippen LogP contribution >= 0.6 is 47.6 Å². The molecule has 0 spiro atoms. The number of H-pyrrole nitrogens is 4. The lowest BCUT2D eigenvalue weighted by Gasteiger charge is -2.67. The van der Waals surface area contributed by atoms with E-state index in [4.69, 9.17) is 98.7 Å². The lowest BCUT2D eigenvalue weighted by Crippen LogP contribution is -2.81. The molecule has 4 aromatic carbocycles. The number of aromatic amines is 4. The largest absolute Gasteiger partial charge is 0.481 e. The highest BCUT2D eigenvalue weighted by Gasteiger charge is 2.78. The van der Waals surface area contributed by atoms with Crippen LogP contribution in [0.3, 0.4) is 0 Å². The van der Waals surface area contributed by atoms with Crippen molar-refractivity contribution in [3.63, 3.8) is 0 Å². The summed E-state index contributed by atoms with van der Waals surface area (Å²) in [5.74, 6) is -7.59. The van der Waals surface area contributed by atoms with E-state index in [9.17, 15) is 68.7 Å². The Bertz CT molecular complexity index is 5930. The summed E-state index contributed by atoms with van der Waals surface area (Å²) >= 11 is 21.4. The number of anilines is 5. The van der Waals surface area contributed by atoms with Crippen molar-refractivity contribution in [2.75, 3.05) is 65.5 Å². The second-order valence-electron chi connectivity index (χ2n) is 32.9. The number of nitrogens with zero attached hydrogens (tertiary/aromatic N) is 10. The summed E-state index contributed by atoms with van der Waals surface area (Å²) in [5, 5.41) is 80.4. The summed E-state index contributed by atoms with van der Waals surface area (Å²) in [7, 11) is 1.82. The number of aliphatic hydroxyl groups excluding tert-OH is 3. The Kier molecular flexibility index (Phi) is 33.1. The molecule has 7 heterocycles. The molecule has 2 amide bonds. The van der Waals surface area contributed by atoms with Crippen molar-refractivity contribution in [2.45, 2.75) is 172 Å². The Hall–Kier alpha value is -12.8. The third-order valence-electron chi connectivity index (χ3n) is 22.7. The van der Waals surface area contributed by atoms with Crippen molar-refractivity contribution >= 4 is 164 Å². The van der Waals surface area contributed by atoms with Crippen molar-refractivity contribution in [3.05, 3.63) is 183 Å². The van der Waals surface area contributed by atoms with Crippen molar-refractivity contribution in [1.82, 2.24) is 70.4 Å². The highest BCUT2D eigenvalue weighted by molar-refractivity contribution is 7.71. The molecule has 2 bridgehead atoms. The Morgan fingerprint density at radius 2 is 1.35 bits per heavy atom. The van der Waals surface area contributed by atoms with Crippen LogP contribution in [-0.4, -0.2) is 247 Å². The molecular weight excluding hydrogens is 1780 g/mol. The molecule has 4 aliphatic rings. The minimum Gasteiger partial charge on any atom is -0.481 e. The van der Waals surface area contributed by atoms with Gasteiger partial charge in [0.2, 0.25) is 11.9 Å². The minimum absolute atomic E-state index is 0.0138. The number of carboxylic acid groups (broad SMARTS) is 3. The number of amides is 2. The molecule has 1 aliphatic heterocycles. The Morgan fingerprint density at radius 1 is 0.740 bits per heavy atom. The number of rotatable bonds is 26. The number of imidazole rings is 2. The predicted octanol–water partition coefficient (Wildman–Crippen LogP) is 8.52. The standard InChI is InChI=1S/C43H53NO14.C20H22N8O5.C14H19Cl2NO2.C5H5N5S.C5H4N4S/c1-22-26(55-37(51)32(48)30(24-15-11-9-12-16-24)44-38(52)58-39(3,4)5)20-43(53)35(56-36(50)25-17-13-10-14-18-25)33-41(8,34(49)31(47)29(22)40(43,6)7)27(46)19-28-42(33,21-54-28)57-23(2)45;1-28(9-11-8-23-17-15(24-11)16(21)26-20(22)27-17)12-4-2-10(3-5-12)18(31)25-13(19(32)33)6-7-14(29)30;15-8-10-17(11-9-16)13-6-4-12(5-7-13)2-1-3-14(18)19;6-5-9-3-2(4(11)10-5)7-1-8-3;10-5-3-4(7-1-6-3)8-2-9-5/h9-18,26-28,30-33,35,46-48,53H,19-21H2,1-8H3,(H,44,52);2-5,8,13H,6-7,9H2,1H3,(H,25,31)(H,29,30)(H,32,33)(H4,21,22,23,26,27);4-7H,1-3,8-11H2,(H,18,19);1H,(H4,6,7,8,9,10,11);1-2H,(H2,6,7,8,9,10)/t26?,27-,28+,30-,31+,32+,33?,35?,41+,42-,43+;13-;;;/m00.../s1. The van der Waals surface area contributed by atoms with Crippen LogP contribution in [0, 0.1) is 26.0 Å². The highest BCUT2D eigenvalue weighted by atomic mass is 35.5. The van der Waals surface area contributed by atoms with E-state index in [0.29, 0.717) is 67.6 Å². The highest BCUT2D eigenvalue weighted by Crippen LogP contribution is 2.64. The van der Waals surface area contributed by atoms with Gasteiger partial charge < -0.3 is 117 Å². The van der Waals surface area contributed by atoms with E-state index >= 15 is 0 Å². The lowest BCUT2D eigenvalue weighted by atomic mass is 9.44. The molecule has 3 aliphatic carbocycles. The van der Waals surface area contributed by atoms with Crippen molar-refractivity contribution in [1.29, 1.82) is 0 Å². The molecule has 14 rings (SSSR count). The zero-order valence-corrected chi connectivity index (χ0v) is 75.9. The van der Waals surface area contributed by atoms with E-state index in [0.717, 1.165) is 54.5 Å². The third-order valence-corrected chi connectivity index (χ3v) is 23.7. The number of carbonyl (C=O) groups excluding carboxylic acids is 6. The average Bonchev–Trinajstić information content (AvgIpc) is 0.856. The first-order valence-corrected chi connectivity index (χ1v) is 43.0. The van der Waals surface area contributed by atoms with Crippen LogP contribution < -0.4 is 37.6 Å². The molecular formula is C87H103Cl2N19O21S2. The van der Waals surface area contributed by atoms with Gasteiger partial charge >= 0.3 is 41.9 Å². The van der Waals surface area contributed by atoms with Crippen LogP contribution in [0.1, 0.15) is 137 Å². The number of carbonyl (C=O) groups is 9. The second kappa shape index (κ2) is 43.3. The first-order valence-electron chi connectivity index (χ1n) is 41.1. The monoisotopic (exact) mass is 1880 g/mol. The maximum atomic E-state index is 14.9. The van der Waals surface area contributed by atoms with Gasteiger partial charge in [-0.25, -0.2) is 49.1 Å². The van der Waals surface area contributed by atoms with Crippen LogP contribution in [0.25, 0.3) is 33.5 Å². The quantitative estimate of drug-likeness (QED) is 0.00793. The minimum atomic E-state index is -2.35. The number of hydrogen-bond donors (Lipinski definition) is 16. The number of aryl methyl sites for hydroxylation is 1. The van der Waals surface area contributed by atoms with E-state index in [1.54, 1.807) is 108 Å². The summed E-state index contributed by atoms with van der Waals surface area (Å²) in [4.78, 5) is 161. The van der Waals surface area contributed by atoms with Crippen LogP contribution in [0.2, 0.25) is 0 Å². The van der Waals surface area contributed by atoms with Gasteiger partial charge in [-0.15, -0.1) is 23.2 Å². The number of aliphatic hydroxyl groups is 4. The fourth-order valence-corrected chi connectivity index (χ4v) is 17.0. The smallest absolute Gasteiger partial charge is 0.408 e. The van der Waals surface area contributed by atoms with E-state index in [-0.39, 0.29) is 72.3 Å². The number of ether oxygens (including phenoxy) is 5.